The minimum atomic E-state index is 0.113. The van der Waals surface area contributed by atoms with E-state index in [-0.39, 0.29) is 5.78 Å². The number of aryl methyl sites for hydroxylation is 2. The average molecular weight is 403 g/mol. The zero-order chi connectivity index (χ0) is 21.5. The monoisotopic (exact) mass is 402 g/mol. The number of hydrogen-bond donors (Lipinski definition) is 0. The molecule has 0 heterocycles. The van der Waals surface area contributed by atoms with Crippen LogP contribution < -0.4 is 0 Å². The highest BCUT2D eigenvalue weighted by molar-refractivity contribution is 7.99. The van der Waals surface area contributed by atoms with E-state index >= 15 is 0 Å². The molecule has 0 aromatic heterocycles. The van der Waals surface area contributed by atoms with Crippen LogP contribution in [0.2, 0.25) is 0 Å². The van der Waals surface area contributed by atoms with Crippen LogP contribution in [-0.2, 0) is 0 Å². The molecule has 0 atom stereocenters. The fraction of sp³-hybridized carbons (Fsp3) is 0.296. The van der Waals surface area contributed by atoms with Crippen molar-refractivity contribution in [2.24, 2.45) is 0 Å². The van der Waals surface area contributed by atoms with Gasteiger partial charge in [-0.2, -0.15) is 0 Å². The van der Waals surface area contributed by atoms with Crippen LogP contribution in [0.3, 0.4) is 0 Å². The highest BCUT2D eigenvalue weighted by Crippen LogP contribution is 2.42. The largest absolute Gasteiger partial charge is 0.289 e. The van der Waals surface area contributed by atoms with Crippen molar-refractivity contribution < 1.29 is 4.79 Å². The first-order chi connectivity index (χ1) is 13.6. The van der Waals surface area contributed by atoms with Crippen molar-refractivity contribution in [1.82, 2.24) is 0 Å². The summed E-state index contributed by atoms with van der Waals surface area (Å²) in [7, 11) is 0. The SMILES string of the molecule is Cc1cc(C)c(C)c(Sc2c(C)c(C)c(C(=O)c3ccccc3)c(C)c2C)c1C. The topological polar surface area (TPSA) is 17.1 Å². The Bertz CT molecular complexity index is 1050. The Hall–Kier alpha value is -2.32. The minimum absolute atomic E-state index is 0.113. The molecule has 3 aromatic rings. The van der Waals surface area contributed by atoms with Gasteiger partial charge in [-0.15, -0.1) is 0 Å². The van der Waals surface area contributed by atoms with Gasteiger partial charge < -0.3 is 0 Å². The van der Waals surface area contributed by atoms with E-state index in [9.17, 15) is 4.79 Å². The van der Waals surface area contributed by atoms with Crippen LogP contribution in [-0.4, -0.2) is 5.78 Å². The zero-order valence-electron chi connectivity index (χ0n) is 18.8. The summed E-state index contributed by atoms with van der Waals surface area (Å²) < 4.78 is 0. The molecule has 0 saturated heterocycles. The van der Waals surface area contributed by atoms with Gasteiger partial charge in [0.1, 0.15) is 0 Å². The molecular weight excluding hydrogens is 372 g/mol. The van der Waals surface area contributed by atoms with Gasteiger partial charge in [-0.05, 0) is 99.9 Å². The lowest BCUT2D eigenvalue weighted by molar-refractivity contribution is 0.103. The van der Waals surface area contributed by atoms with E-state index < -0.39 is 0 Å². The van der Waals surface area contributed by atoms with Gasteiger partial charge in [0, 0.05) is 20.9 Å². The second-order valence-electron chi connectivity index (χ2n) is 8.09. The molecule has 0 N–H and O–H groups in total. The molecular formula is C27H30OS. The molecule has 0 fully saturated rings. The van der Waals surface area contributed by atoms with Gasteiger partial charge >= 0.3 is 0 Å². The highest BCUT2D eigenvalue weighted by Gasteiger charge is 2.22. The molecule has 0 aliphatic heterocycles. The second kappa shape index (κ2) is 8.20. The smallest absolute Gasteiger partial charge is 0.193 e. The maximum absolute atomic E-state index is 13.3. The lowest BCUT2D eigenvalue weighted by atomic mass is 9.89. The summed E-state index contributed by atoms with van der Waals surface area (Å²) >= 11 is 1.86. The summed E-state index contributed by atoms with van der Waals surface area (Å²) in [5, 5.41) is 0. The van der Waals surface area contributed by atoms with Crippen LogP contribution in [0, 0.1) is 55.4 Å². The van der Waals surface area contributed by atoms with Gasteiger partial charge in [0.2, 0.25) is 0 Å². The summed E-state index contributed by atoms with van der Waals surface area (Å²) in [4.78, 5) is 15.9. The van der Waals surface area contributed by atoms with Crippen molar-refractivity contribution in [1.29, 1.82) is 0 Å². The quantitative estimate of drug-likeness (QED) is 0.419. The van der Waals surface area contributed by atoms with E-state index in [1.165, 1.54) is 43.2 Å². The van der Waals surface area contributed by atoms with Crippen LogP contribution in [0.25, 0.3) is 0 Å². The van der Waals surface area contributed by atoms with Gasteiger partial charge in [-0.25, -0.2) is 0 Å². The molecule has 0 aliphatic rings. The number of rotatable bonds is 4. The highest BCUT2D eigenvalue weighted by atomic mass is 32.2. The maximum atomic E-state index is 13.3. The standard InChI is InChI=1S/C27H30OS/c1-15-14-16(2)18(4)26(17(15)3)29-27-21(7)19(5)24(20(6)22(27)8)25(28)23-12-10-9-11-13-23/h9-14H,1-8H3. The molecule has 0 spiro atoms. The Balaban J connectivity index is 2.16. The average Bonchev–Trinajstić information content (AvgIpc) is 2.71. The summed E-state index contributed by atoms with van der Waals surface area (Å²) in [6, 6.07) is 11.9. The maximum Gasteiger partial charge on any atom is 0.193 e. The number of carbonyl (C=O) groups is 1. The van der Waals surface area contributed by atoms with Crippen molar-refractivity contribution in [3.8, 4) is 0 Å². The first kappa shape index (κ1) is 21.4. The second-order valence-corrected chi connectivity index (χ2v) is 9.11. The Morgan fingerprint density at radius 2 is 1.07 bits per heavy atom. The first-order valence-electron chi connectivity index (χ1n) is 10.1. The Kier molecular flexibility index (Phi) is 6.05. The van der Waals surface area contributed by atoms with Crippen LogP contribution in [0.15, 0.2) is 46.2 Å². The third-order valence-corrected chi connectivity index (χ3v) is 7.95. The van der Waals surface area contributed by atoms with Crippen molar-refractivity contribution in [3.05, 3.63) is 92.0 Å². The molecule has 2 heteroatoms. The lowest BCUT2D eigenvalue weighted by Crippen LogP contribution is -2.10. The van der Waals surface area contributed by atoms with Gasteiger partial charge in [0.25, 0.3) is 0 Å². The third-order valence-electron chi connectivity index (χ3n) is 6.32. The van der Waals surface area contributed by atoms with Crippen molar-refractivity contribution in [2.45, 2.75) is 65.2 Å². The summed E-state index contributed by atoms with van der Waals surface area (Å²) in [5.74, 6) is 0.113. The summed E-state index contributed by atoms with van der Waals surface area (Å²) in [6.45, 7) is 17.3. The summed E-state index contributed by atoms with van der Waals surface area (Å²) in [5.41, 5.74) is 11.5. The van der Waals surface area contributed by atoms with E-state index in [1.807, 2.05) is 42.1 Å². The molecule has 0 radical (unpaired) electrons. The predicted molar refractivity (Wildman–Crippen MR) is 125 cm³/mol. The van der Waals surface area contributed by atoms with E-state index in [4.69, 9.17) is 0 Å². The molecule has 150 valence electrons. The Morgan fingerprint density at radius 3 is 1.55 bits per heavy atom. The molecule has 0 saturated carbocycles. The van der Waals surface area contributed by atoms with Gasteiger partial charge in [0.05, 0.1) is 0 Å². The zero-order valence-corrected chi connectivity index (χ0v) is 19.6. The molecule has 3 aromatic carbocycles. The third kappa shape index (κ3) is 3.79. The van der Waals surface area contributed by atoms with Crippen LogP contribution >= 0.6 is 11.8 Å². The van der Waals surface area contributed by atoms with E-state index in [2.05, 4.69) is 61.5 Å². The molecule has 29 heavy (non-hydrogen) atoms. The van der Waals surface area contributed by atoms with Crippen LogP contribution in [0.1, 0.15) is 60.4 Å². The van der Waals surface area contributed by atoms with Gasteiger partial charge in [-0.1, -0.05) is 48.2 Å². The molecule has 0 unspecified atom stereocenters. The van der Waals surface area contributed by atoms with Crippen LogP contribution in [0.4, 0.5) is 0 Å². The molecule has 0 amide bonds. The molecule has 3 rings (SSSR count). The number of carbonyl (C=O) groups excluding carboxylic acids is 1. The van der Waals surface area contributed by atoms with Crippen LogP contribution in [0.5, 0.6) is 0 Å². The fourth-order valence-electron chi connectivity index (χ4n) is 3.94. The first-order valence-corrected chi connectivity index (χ1v) is 10.9. The van der Waals surface area contributed by atoms with E-state index in [0.29, 0.717) is 0 Å². The molecule has 1 nitrogen and oxygen atoms in total. The summed E-state index contributed by atoms with van der Waals surface area (Å²) in [6.07, 6.45) is 0. The van der Waals surface area contributed by atoms with Crippen molar-refractivity contribution in [3.63, 3.8) is 0 Å². The molecule has 0 bridgehead atoms. The number of ketones is 1. The van der Waals surface area contributed by atoms with Gasteiger partial charge in [-0.3, -0.25) is 4.79 Å². The Labute approximate surface area is 179 Å². The van der Waals surface area contributed by atoms with Crippen molar-refractivity contribution >= 4 is 17.5 Å². The number of hydrogen-bond acceptors (Lipinski definition) is 2. The lowest BCUT2D eigenvalue weighted by Gasteiger charge is -2.22. The number of benzene rings is 3. The van der Waals surface area contributed by atoms with Gasteiger partial charge in [0.15, 0.2) is 5.78 Å². The van der Waals surface area contributed by atoms with Crippen molar-refractivity contribution in [2.75, 3.05) is 0 Å². The van der Waals surface area contributed by atoms with E-state index in [0.717, 1.165) is 22.3 Å². The molecule has 0 aliphatic carbocycles. The predicted octanol–water partition coefficient (Wildman–Crippen LogP) is 7.54. The minimum Gasteiger partial charge on any atom is -0.289 e. The Morgan fingerprint density at radius 1 is 0.621 bits per heavy atom. The van der Waals surface area contributed by atoms with E-state index in [1.54, 1.807) is 0 Å². The normalized spacial score (nSPS) is 11.0. The fourth-order valence-corrected chi connectivity index (χ4v) is 5.39.